The standard InChI is InChI=1S/C50H64Cl4N6O12S2/c1-58-31-43(41-27-37(51)29-47(53)45(41)33-58)35-5-3-7-39(25-35)73(63,64)56-9-13-67-17-21-71-23-19-69-15-11-60(50(62)49(55)61)12-16-70-20-24-72-22-18-68-14-10-57-74(65,66)40-8-4-6-36(26-40)44-32-59(2)34-46-42(44)28-38(52)30-48(46)54/h3-8,25-30,43-44,56-57H,9-24,31-34H2,1-2H3,(H2,55,61). The van der Waals surface area contributed by atoms with Gasteiger partial charge in [0.05, 0.1) is 89.1 Å². The van der Waals surface area contributed by atoms with Crippen LogP contribution in [0.15, 0.2) is 82.6 Å². The van der Waals surface area contributed by atoms with Gasteiger partial charge in [-0.15, -0.1) is 0 Å². The smallest absolute Gasteiger partial charge is 0.311 e. The number of likely N-dealkylation sites (N-methyl/N-ethyl adjacent to an activating group) is 2. The first-order valence-electron chi connectivity index (χ1n) is 24.0. The Bertz CT molecular complexity index is 2570. The van der Waals surface area contributed by atoms with E-state index in [9.17, 15) is 26.4 Å². The molecule has 2 atom stereocenters. The van der Waals surface area contributed by atoms with Crippen molar-refractivity contribution in [2.75, 3.05) is 133 Å². The molecule has 4 N–H and O–H groups in total. The van der Waals surface area contributed by atoms with Gasteiger partial charge in [0.1, 0.15) is 0 Å². The van der Waals surface area contributed by atoms with Crippen LogP contribution >= 0.6 is 46.4 Å². The zero-order chi connectivity index (χ0) is 53.3. The Morgan fingerprint density at radius 1 is 0.568 bits per heavy atom. The van der Waals surface area contributed by atoms with E-state index in [0.717, 1.165) is 33.4 Å². The summed E-state index contributed by atoms with van der Waals surface area (Å²) in [5, 5.41) is 2.24. The number of carbonyl (C=O) groups is 2. The molecular formula is C50H64Cl4N6O12S2. The zero-order valence-electron chi connectivity index (χ0n) is 41.4. The highest BCUT2D eigenvalue weighted by Crippen LogP contribution is 2.40. The van der Waals surface area contributed by atoms with Gasteiger partial charge < -0.3 is 48.9 Å². The molecule has 0 bridgehead atoms. The number of nitrogens with one attached hydrogen (secondary N) is 2. The monoisotopic (exact) mass is 1140 g/mol. The molecule has 0 radical (unpaired) electrons. The third-order valence-electron chi connectivity index (χ3n) is 12.2. The molecule has 2 unspecified atom stereocenters. The van der Waals surface area contributed by atoms with E-state index in [0.29, 0.717) is 46.3 Å². The van der Waals surface area contributed by atoms with Crippen molar-refractivity contribution in [2.24, 2.45) is 5.73 Å². The van der Waals surface area contributed by atoms with Crippen molar-refractivity contribution in [3.8, 4) is 0 Å². The number of rotatable bonds is 30. The van der Waals surface area contributed by atoms with Gasteiger partial charge in [-0.05, 0) is 96.0 Å². The van der Waals surface area contributed by atoms with Crippen molar-refractivity contribution in [1.82, 2.24) is 24.1 Å². The molecule has 406 valence electrons. The van der Waals surface area contributed by atoms with Gasteiger partial charge >= 0.3 is 11.8 Å². The van der Waals surface area contributed by atoms with Gasteiger partial charge in [0.25, 0.3) is 0 Å². The highest BCUT2D eigenvalue weighted by atomic mass is 35.5. The molecule has 0 aliphatic carbocycles. The Morgan fingerprint density at radius 2 is 0.932 bits per heavy atom. The number of nitrogens with zero attached hydrogens (tertiary/aromatic N) is 3. The SMILES string of the molecule is CN1Cc2c(Cl)cc(Cl)cc2C(c2cccc(S(=O)(=O)NCCOCCOCCOCCN(CCOCCOCCOCCNS(=O)(=O)c3cccc(C4CN(C)Cc5c(Cl)cc(Cl)cc54)c3)C(=O)C(N)=O)c2)C1. The van der Waals surface area contributed by atoms with E-state index in [1.807, 2.05) is 38.4 Å². The number of hydrogen-bond donors (Lipinski definition) is 3. The van der Waals surface area contributed by atoms with Gasteiger partial charge in [0.2, 0.25) is 20.0 Å². The largest absolute Gasteiger partial charge is 0.378 e. The van der Waals surface area contributed by atoms with Crippen molar-refractivity contribution in [1.29, 1.82) is 0 Å². The summed E-state index contributed by atoms with van der Waals surface area (Å²) >= 11 is 25.7. The molecule has 4 aromatic carbocycles. The molecular weight excluding hydrogens is 1080 g/mol. The van der Waals surface area contributed by atoms with Gasteiger partial charge in [-0.2, -0.15) is 0 Å². The summed E-state index contributed by atoms with van der Waals surface area (Å²) in [7, 11) is -3.64. The van der Waals surface area contributed by atoms with Crippen molar-refractivity contribution >= 4 is 78.3 Å². The Morgan fingerprint density at radius 3 is 1.31 bits per heavy atom. The topological polar surface area (TPSA) is 218 Å². The molecule has 0 aromatic heterocycles. The fourth-order valence-electron chi connectivity index (χ4n) is 8.63. The third kappa shape index (κ3) is 17.8. The number of primary amides is 1. The number of nitrogens with two attached hydrogens (primary N) is 1. The summed E-state index contributed by atoms with van der Waals surface area (Å²) in [6.45, 7) is 5.35. The second-order valence-electron chi connectivity index (χ2n) is 17.7. The number of sulfonamides is 2. The van der Waals surface area contributed by atoms with Crippen LogP contribution in [0.25, 0.3) is 0 Å². The summed E-state index contributed by atoms with van der Waals surface area (Å²) in [4.78, 5) is 29.8. The minimum absolute atomic E-state index is 0.0605. The van der Waals surface area contributed by atoms with Crippen LogP contribution in [-0.4, -0.2) is 176 Å². The Labute approximate surface area is 454 Å². The number of fused-ring (bicyclic) bond motifs is 2. The molecule has 74 heavy (non-hydrogen) atoms. The van der Waals surface area contributed by atoms with Crippen LogP contribution in [0.4, 0.5) is 0 Å². The van der Waals surface area contributed by atoms with Crippen LogP contribution in [0.2, 0.25) is 20.1 Å². The molecule has 2 amide bonds. The molecule has 6 rings (SSSR count). The van der Waals surface area contributed by atoms with Crippen LogP contribution in [0.1, 0.15) is 45.2 Å². The zero-order valence-corrected chi connectivity index (χ0v) is 46.0. The van der Waals surface area contributed by atoms with Crippen LogP contribution < -0.4 is 15.2 Å². The molecule has 0 saturated heterocycles. The Balaban J connectivity index is 0.766. The predicted octanol–water partition coefficient (Wildman–Crippen LogP) is 5.13. The number of carbonyl (C=O) groups excluding carboxylic acids is 2. The molecule has 0 saturated carbocycles. The fourth-order valence-corrected chi connectivity index (χ4v) is 11.9. The van der Waals surface area contributed by atoms with E-state index in [2.05, 4.69) is 19.2 Å². The normalized spacial score (nSPS) is 16.2. The average molecular weight is 1150 g/mol. The molecule has 18 nitrogen and oxygen atoms in total. The number of amides is 2. The van der Waals surface area contributed by atoms with Gasteiger partial charge in [0.15, 0.2) is 0 Å². The van der Waals surface area contributed by atoms with Crippen LogP contribution in [0.3, 0.4) is 0 Å². The van der Waals surface area contributed by atoms with Crippen molar-refractivity contribution in [3.05, 3.63) is 126 Å². The molecule has 0 spiro atoms. The maximum atomic E-state index is 13.2. The van der Waals surface area contributed by atoms with Crippen LogP contribution in [0.5, 0.6) is 0 Å². The molecule has 2 heterocycles. The Hall–Kier alpha value is -3.52. The highest BCUT2D eigenvalue weighted by Gasteiger charge is 2.30. The van der Waals surface area contributed by atoms with Gasteiger partial charge in [0, 0.05) is 84.3 Å². The van der Waals surface area contributed by atoms with Crippen LogP contribution in [0, 0.1) is 0 Å². The summed E-state index contributed by atoms with van der Waals surface area (Å²) < 4.78 is 91.2. The fraction of sp³-hybridized carbons (Fsp3) is 0.480. The first-order valence-corrected chi connectivity index (χ1v) is 28.5. The van der Waals surface area contributed by atoms with Gasteiger partial charge in [-0.3, -0.25) is 9.59 Å². The summed E-state index contributed by atoms with van der Waals surface area (Å²) in [6, 6.07) is 21.0. The van der Waals surface area contributed by atoms with E-state index in [1.165, 1.54) is 4.90 Å². The lowest BCUT2D eigenvalue weighted by Crippen LogP contribution is -2.43. The van der Waals surface area contributed by atoms with E-state index < -0.39 is 31.9 Å². The van der Waals surface area contributed by atoms with Crippen molar-refractivity contribution in [3.63, 3.8) is 0 Å². The van der Waals surface area contributed by atoms with Crippen molar-refractivity contribution < 1.29 is 54.8 Å². The second-order valence-corrected chi connectivity index (χ2v) is 22.9. The molecule has 4 aromatic rings. The lowest BCUT2D eigenvalue weighted by atomic mass is 9.85. The first-order chi connectivity index (χ1) is 35.4. The molecule has 24 heteroatoms. The summed E-state index contributed by atoms with van der Waals surface area (Å²) in [5.74, 6) is -2.18. The lowest BCUT2D eigenvalue weighted by molar-refractivity contribution is -0.145. The molecule has 2 aliphatic heterocycles. The van der Waals surface area contributed by atoms with Gasteiger partial charge in [-0.25, -0.2) is 26.3 Å². The lowest BCUT2D eigenvalue weighted by Gasteiger charge is -2.33. The number of halogens is 4. The summed E-state index contributed by atoms with van der Waals surface area (Å²) in [6.07, 6.45) is 0. The first kappa shape index (κ1) is 59.7. The van der Waals surface area contributed by atoms with Crippen molar-refractivity contribution in [2.45, 2.75) is 34.7 Å². The molecule has 2 aliphatic rings. The van der Waals surface area contributed by atoms with Crippen LogP contribution in [-0.2, 0) is 71.1 Å². The maximum absolute atomic E-state index is 13.2. The van der Waals surface area contributed by atoms with E-state index in [1.54, 1.807) is 48.5 Å². The minimum Gasteiger partial charge on any atom is -0.378 e. The average Bonchev–Trinajstić information content (AvgIpc) is 3.36. The summed E-state index contributed by atoms with van der Waals surface area (Å²) in [5.41, 5.74) is 10.9. The Kier molecular flexibility index (Phi) is 23.6. The number of benzene rings is 4. The minimum atomic E-state index is -3.82. The highest BCUT2D eigenvalue weighted by molar-refractivity contribution is 7.89. The maximum Gasteiger partial charge on any atom is 0.311 e. The third-order valence-corrected chi connectivity index (χ3v) is 16.2. The van der Waals surface area contributed by atoms with E-state index in [4.69, 9.17) is 80.6 Å². The quantitative estimate of drug-likeness (QED) is 0.0456. The predicted molar refractivity (Wildman–Crippen MR) is 283 cm³/mol. The van der Waals surface area contributed by atoms with Gasteiger partial charge in [-0.1, -0.05) is 70.7 Å². The van der Waals surface area contributed by atoms with E-state index in [-0.39, 0.29) is 127 Å². The second kappa shape index (κ2) is 29.3. The number of hydrogen-bond acceptors (Lipinski definition) is 14. The van der Waals surface area contributed by atoms with E-state index >= 15 is 0 Å². The number of ether oxygens (including phenoxy) is 6. The molecule has 0 fully saturated rings.